The van der Waals surface area contributed by atoms with E-state index in [2.05, 4.69) is 10.3 Å². The molecular weight excluding hydrogens is 276 g/mol. The van der Waals surface area contributed by atoms with Crippen LogP contribution in [0.4, 0.5) is 11.4 Å². The molecule has 0 bridgehead atoms. The van der Waals surface area contributed by atoms with Gasteiger partial charge in [0.15, 0.2) is 0 Å². The number of hydrogen-bond acceptors (Lipinski definition) is 3. The maximum atomic E-state index is 12.4. The summed E-state index contributed by atoms with van der Waals surface area (Å²) in [7, 11) is 0. The number of anilines is 1. The molecule has 0 unspecified atom stereocenters. The summed E-state index contributed by atoms with van der Waals surface area (Å²) < 4.78 is 4.99. The first-order chi connectivity index (χ1) is 10.8. The number of amides is 1. The van der Waals surface area contributed by atoms with Gasteiger partial charge in [-0.25, -0.2) is 0 Å². The molecule has 108 valence electrons. The smallest absolute Gasteiger partial charge is 0.257 e. The van der Waals surface area contributed by atoms with Gasteiger partial charge in [-0.3, -0.25) is 9.79 Å². The summed E-state index contributed by atoms with van der Waals surface area (Å²) in [6.07, 6.45) is 4.84. The van der Waals surface area contributed by atoms with Crippen LogP contribution in [0.1, 0.15) is 15.9 Å². The van der Waals surface area contributed by atoms with E-state index in [-0.39, 0.29) is 5.91 Å². The predicted octanol–water partition coefficient (Wildman–Crippen LogP) is 4.28. The Labute approximate surface area is 128 Å². The van der Waals surface area contributed by atoms with Gasteiger partial charge in [0.2, 0.25) is 0 Å². The minimum absolute atomic E-state index is 0.189. The molecule has 0 spiro atoms. The van der Waals surface area contributed by atoms with Crippen LogP contribution in [0.2, 0.25) is 0 Å². The standard InChI is InChI=1S/C18H14N2O2/c21-18(20-15-6-2-1-3-7-15)16-8-4-5-9-17(16)19-12-14-10-11-22-13-14/h1-13H,(H,20,21)/b19-12+. The highest BCUT2D eigenvalue weighted by Gasteiger charge is 2.10. The van der Waals surface area contributed by atoms with Crippen LogP contribution < -0.4 is 5.32 Å². The lowest BCUT2D eigenvalue weighted by Crippen LogP contribution is -2.11. The molecule has 0 saturated heterocycles. The monoisotopic (exact) mass is 290 g/mol. The van der Waals surface area contributed by atoms with Crippen molar-refractivity contribution < 1.29 is 9.21 Å². The Morgan fingerprint density at radius 1 is 1.00 bits per heavy atom. The van der Waals surface area contributed by atoms with E-state index in [1.807, 2.05) is 42.5 Å². The lowest BCUT2D eigenvalue weighted by molar-refractivity contribution is 0.102. The second-order valence-electron chi connectivity index (χ2n) is 4.65. The van der Waals surface area contributed by atoms with E-state index in [1.54, 1.807) is 36.9 Å². The molecule has 0 fully saturated rings. The SMILES string of the molecule is O=C(Nc1ccccc1)c1ccccc1/N=C/c1ccoc1. The van der Waals surface area contributed by atoms with E-state index in [4.69, 9.17) is 4.42 Å². The Kier molecular flexibility index (Phi) is 4.11. The summed E-state index contributed by atoms with van der Waals surface area (Å²) >= 11 is 0. The zero-order valence-corrected chi connectivity index (χ0v) is 11.8. The molecule has 0 aliphatic carbocycles. The van der Waals surface area contributed by atoms with Gasteiger partial charge in [0.05, 0.1) is 23.8 Å². The molecular formula is C18H14N2O2. The Morgan fingerprint density at radius 2 is 1.77 bits per heavy atom. The lowest BCUT2D eigenvalue weighted by Gasteiger charge is -2.07. The van der Waals surface area contributed by atoms with Gasteiger partial charge >= 0.3 is 0 Å². The predicted molar refractivity (Wildman–Crippen MR) is 86.8 cm³/mol. The van der Waals surface area contributed by atoms with Crippen molar-refractivity contribution in [1.29, 1.82) is 0 Å². The normalized spacial score (nSPS) is 10.7. The van der Waals surface area contributed by atoms with Crippen LogP contribution in [-0.2, 0) is 0 Å². The van der Waals surface area contributed by atoms with Crippen LogP contribution >= 0.6 is 0 Å². The number of furan rings is 1. The molecule has 0 radical (unpaired) electrons. The Hall–Kier alpha value is -3.14. The van der Waals surface area contributed by atoms with Gasteiger partial charge < -0.3 is 9.73 Å². The first-order valence-electron chi connectivity index (χ1n) is 6.84. The van der Waals surface area contributed by atoms with Gasteiger partial charge in [-0.2, -0.15) is 0 Å². The third-order valence-corrected chi connectivity index (χ3v) is 3.08. The van der Waals surface area contributed by atoms with Gasteiger partial charge in [-0.1, -0.05) is 30.3 Å². The maximum absolute atomic E-state index is 12.4. The minimum atomic E-state index is -0.189. The summed E-state index contributed by atoms with van der Waals surface area (Å²) in [6.45, 7) is 0. The summed E-state index contributed by atoms with van der Waals surface area (Å²) in [4.78, 5) is 16.8. The van der Waals surface area contributed by atoms with Crippen molar-refractivity contribution in [3.63, 3.8) is 0 Å². The summed E-state index contributed by atoms with van der Waals surface area (Å²) in [5, 5.41) is 2.86. The van der Waals surface area contributed by atoms with Crippen LogP contribution in [0.25, 0.3) is 0 Å². The number of carbonyl (C=O) groups is 1. The van der Waals surface area contributed by atoms with E-state index >= 15 is 0 Å². The zero-order valence-electron chi connectivity index (χ0n) is 11.8. The third-order valence-electron chi connectivity index (χ3n) is 3.08. The highest BCUT2D eigenvalue weighted by atomic mass is 16.3. The first-order valence-corrected chi connectivity index (χ1v) is 6.84. The first kappa shape index (κ1) is 13.8. The topological polar surface area (TPSA) is 54.6 Å². The van der Waals surface area contributed by atoms with Crippen molar-refractivity contribution in [1.82, 2.24) is 0 Å². The van der Waals surface area contributed by atoms with E-state index < -0.39 is 0 Å². The number of nitrogens with one attached hydrogen (secondary N) is 1. The molecule has 4 heteroatoms. The van der Waals surface area contributed by atoms with Crippen LogP contribution in [-0.4, -0.2) is 12.1 Å². The Morgan fingerprint density at radius 3 is 2.55 bits per heavy atom. The fraction of sp³-hybridized carbons (Fsp3) is 0. The van der Waals surface area contributed by atoms with Crippen molar-refractivity contribution in [2.75, 3.05) is 5.32 Å². The van der Waals surface area contributed by atoms with Gasteiger partial charge in [-0.15, -0.1) is 0 Å². The highest BCUT2D eigenvalue weighted by Crippen LogP contribution is 2.20. The van der Waals surface area contributed by atoms with Gasteiger partial charge in [0.1, 0.15) is 0 Å². The van der Waals surface area contributed by atoms with Gasteiger partial charge in [0, 0.05) is 17.5 Å². The van der Waals surface area contributed by atoms with Gasteiger partial charge in [0.25, 0.3) is 5.91 Å². The van der Waals surface area contributed by atoms with Crippen molar-refractivity contribution in [2.24, 2.45) is 4.99 Å². The van der Waals surface area contributed by atoms with E-state index in [9.17, 15) is 4.79 Å². The van der Waals surface area contributed by atoms with Crippen molar-refractivity contribution in [3.05, 3.63) is 84.3 Å². The molecule has 2 aromatic carbocycles. The van der Waals surface area contributed by atoms with E-state index in [0.29, 0.717) is 11.3 Å². The van der Waals surface area contributed by atoms with Crippen LogP contribution in [0.5, 0.6) is 0 Å². The Balaban J connectivity index is 1.83. The third kappa shape index (κ3) is 3.30. The zero-order chi connectivity index (χ0) is 15.2. The molecule has 0 aliphatic heterocycles. The number of rotatable bonds is 4. The molecule has 1 aromatic heterocycles. The molecule has 0 aliphatic rings. The molecule has 22 heavy (non-hydrogen) atoms. The molecule has 1 N–H and O–H groups in total. The van der Waals surface area contributed by atoms with E-state index in [0.717, 1.165) is 11.3 Å². The largest absolute Gasteiger partial charge is 0.472 e. The fourth-order valence-corrected chi connectivity index (χ4v) is 1.99. The molecule has 0 atom stereocenters. The van der Waals surface area contributed by atoms with Crippen molar-refractivity contribution in [2.45, 2.75) is 0 Å². The quantitative estimate of drug-likeness (QED) is 0.729. The average molecular weight is 290 g/mol. The number of benzene rings is 2. The van der Waals surface area contributed by atoms with Crippen LogP contribution in [0.15, 0.2) is 82.6 Å². The average Bonchev–Trinajstić information content (AvgIpc) is 3.07. The second-order valence-corrected chi connectivity index (χ2v) is 4.65. The summed E-state index contributed by atoms with van der Waals surface area (Å²) in [5.74, 6) is -0.189. The molecule has 4 nitrogen and oxygen atoms in total. The molecule has 1 heterocycles. The van der Waals surface area contributed by atoms with Crippen molar-refractivity contribution in [3.8, 4) is 0 Å². The highest BCUT2D eigenvalue weighted by molar-refractivity contribution is 6.08. The second kappa shape index (κ2) is 6.54. The van der Waals surface area contributed by atoms with E-state index in [1.165, 1.54) is 0 Å². The minimum Gasteiger partial charge on any atom is -0.472 e. The van der Waals surface area contributed by atoms with Crippen LogP contribution in [0, 0.1) is 0 Å². The number of aliphatic imine (C=N–C) groups is 1. The fourth-order valence-electron chi connectivity index (χ4n) is 1.99. The maximum Gasteiger partial charge on any atom is 0.257 e. The lowest BCUT2D eigenvalue weighted by atomic mass is 10.1. The number of carbonyl (C=O) groups excluding carboxylic acids is 1. The Bertz CT molecular complexity index is 778. The summed E-state index contributed by atoms with van der Waals surface area (Å²) in [5.41, 5.74) is 2.72. The number of hydrogen-bond donors (Lipinski definition) is 1. The van der Waals surface area contributed by atoms with Gasteiger partial charge in [-0.05, 0) is 30.3 Å². The molecule has 3 rings (SSSR count). The summed E-state index contributed by atoms with van der Waals surface area (Å²) in [6, 6.07) is 18.4. The molecule has 0 saturated carbocycles. The number of nitrogens with zero attached hydrogens (tertiary/aromatic N) is 1. The molecule has 1 amide bonds. The number of para-hydroxylation sites is 2. The van der Waals surface area contributed by atoms with Crippen LogP contribution in [0.3, 0.4) is 0 Å². The molecule has 3 aromatic rings. The van der Waals surface area contributed by atoms with Crippen molar-refractivity contribution >= 4 is 23.5 Å².